The predicted molar refractivity (Wildman–Crippen MR) is 120 cm³/mol. The number of allylic oxidation sites excluding steroid dienone is 1. The molecule has 31 heavy (non-hydrogen) atoms. The first-order chi connectivity index (χ1) is 14.5. The van der Waals surface area contributed by atoms with Crippen LogP contribution < -0.4 is 0 Å². The molecule has 0 saturated carbocycles. The van der Waals surface area contributed by atoms with E-state index in [0.717, 1.165) is 25.5 Å². The van der Waals surface area contributed by atoms with Gasteiger partial charge in [0.05, 0.1) is 41.7 Å². The molecule has 0 spiro atoms. The topological polar surface area (TPSA) is 105 Å². The van der Waals surface area contributed by atoms with Crippen LogP contribution in [0.2, 0.25) is 0 Å². The quantitative estimate of drug-likeness (QED) is 0.433. The number of ether oxygens (including phenoxy) is 2. The second-order valence-corrected chi connectivity index (χ2v) is 9.30. The zero-order valence-corrected chi connectivity index (χ0v) is 20.7. The molecule has 0 aromatic heterocycles. The number of hydrogen-bond donors (Lipinski definition) is 3. The van der Waals surface area contributed by atoms with Gasteiger partial charge in [-0.05, 0) is 52.0 Å². The zero-order valence-electron chi connectivity index (χ0n) is 19.9. The molecule has 3 heterocycles. The Balaban J connectivity index is 0.00000233. The van der Waals surface area contributed by atoms with E-state index >= 15 is 0 Å². The lowest BCUT2D eigenvalue weighted by Crippen LogP contribution is -2.57. The highest BCUT2D eigenvalue weighted by atomic mass is 35.5. The molecule has 8 heteroatoms. The van der Waals surface area contributed by atoms with Crippen molar-refractivity contribution in [2.45, 2.75) is 109 Å². The number of halogens is 1. The van der Waals surface area contributed by atoms with Crippen molar-refractivity contribution in [3.8, 4) is 0 Å². The van der Waals surface area contributed by atoms with Gasteiger partial charge in [0.25, 0.3) is 0 Å². The summed E-state index contributed by atoms with van der Waals surface area (Å²) in [6.45, 7) is 11.0. The van der Waals surface area contributed by atoms with Gasteiger partial charge in [-0.25, -0.2) is 0 Å². The fraction of sp³-hybridized carbons (Fsp3) is 0.870. The minimum atomic E-state index is -1.62. The Bertz CT molecular complexity index is 601. The summed E-state index contributed by atoms with van der Waals surface area (Å²) in [6, 6.07) is 0. The van der Waals surface area contributed by atoms with E-state index in [4.69, 9.17) is 30.7 Å². The summed E-state index contributed by atoms with van der Waals surface area (Å²) < 4.78 is 17.0. The van der Waals surface area contributed by atoms with Crippen molar-refractivity contribution in [1.82, 2.24) is 0 Å². The van der Waals surface area contributed by atoms with E-state index in [0.29, 0.717) is 19.3 Å². The van der Waals surface area contributed by atoms with Crippen LogP contribution in [0.5, 0.6) is 0 Å². The number of carbonyl (C=O) groups excluding carboxylic acids is 1. The number of carbonyl (C=O) groups is 1. The molecule has 2 bridgehead atoms. The number of aliphatic hydroxyl groups excluding tert-OH is 2. The fourth-order valence-corrected chi connectivity index (χ4v) is 4.88. The maximum absolute atomic E-state index is 12.7. The van der Waals surface area contributed by atoms with E-state index in [9.17, 15) is 15.0 Å². The second kappa shape index (κ2) is 12.0. The van der Waals surface area contributed by atoms with Gasteiger partial charge >= 0.3 is 5.97 Å². The van der Waals surface area contributed by atoms with Crippen LogP contribution in [-0.4, -0.2) is 64.0 Å². The van der Waals surface area contributed by atoms with Crippen molar-refractivity contribution in [1.29, 1.82) is 0 Å². The van der Waals surface area contributed by atoms with Crippen molar-refractivity contribution in [2.75, 3.05) is 7.11 Å². The minimum Gasteiger partial charge on any atom is -0.459 e. The molecule has 0 aromatic carbocycles. The fourth-order valence-electron chi connectivity index (χ4n) is 4.63. The van der Waals surface area contributed by atoms with E-state index < -0.39 is 35.8 Å². The van der Waals surface area contributed by atoms with Crippen LogP contribution in [0.3, 0.4) is 0 Å². The number of hydrogen-bond acceptors (Lipinski definition) is 7. The zero-order chi connectivity index (χ0) is 24.0. The number of esters is 1. The van der Waals surface area contributed by atoms with Crippen LogP contribution in [-0.2, 0) is 18.6 Å². The standard InChI is InChI=1S/C22H37ClO6.CH4O/c1-7-9-15-13(3)19(24)22(6,26)18(8-2)27-20(25)14(4)16(29-23)10-11-21(5)12-17(15)28-21;1-2/h9,13-14,16-19,24,26H,7-8,10-12H2,1-6H3;2H,1H3/b15-9+;/t13?,14?,16-,17+,18+,19?,21-,22+;/m0./s1. The predicted octanol–water partition coefficient (Wildman–Crippen LogP) is 3.52. The Labute approximate surface area is 191 Å². The van der Waals surface area contributed by atoms with Gasteiger partial charge in [-0.15, -0.1) is 0 Å². The third-order valence-electron chi connectivity index (χ3n) is 6.74. The summed E-state index contributed by atoms with van der Waals surface area (Å²) >= 11 is 5.68. The summed E-state index contributed by atoms with van der Waals surface area (Å²) in [4.78, 5) is 12.7. The molecule has 8 atom stereocenters. The molecule has 182 valence electrons. The van der Waals surface area contributed by atoms with Crippen molar-refractivity contribution in [3.05, 3.63) is 11.6 Å². The molecule has 0 aromatic rings. The van der Waals surface area contributed by atoms with Gasteiger partial charge in [0, 0.05) is 19.4 Å². The van der Waals surface area contributed by atoms with Crippen LogP contribution >= 0.6 is 11.9 Å². The van der Waals surface area contributed by atoms with Crippen LogP contribution in [0.1, 0.15) is 73.6 Å². The number of rotatable bonds is 3. The van der Waals surface area contributed by atoms with E-state index in [1.54, 1.807) is 6.92 Å². The Kier molecular flexibility index (Phi) is 10.9. The monoisotopic (exact) mass is 464 g/mol. The van der Waals surface area contributed by atoms with Crippen LogP contribution in [0, 0.1) is 11.8 Å². The molecule has 3 aliphatic heterocycles. The highest BCUT2D eigenvalue weighted by Crippen LogP contribution is 2.44. The Morgan fingerprint density at radius 1 is 1.23 bits per heavy atom. The Morgan fingerprint density at radius 2 is 1.81 bits per heavy atom. The van der Waals surface area contributed by atoms with E-state index in [1.807, 2.05) is 27.7 Å². The Morgan fingerprint density at radius 3 is 2.29 bits per heavy atom. The normalized spacial score (nSPS) is 43.2. The summed E-state index contributed by atoms with van der Waals surface area (Å²) in [5.74, 6) is -1.45. The minimum absolute atomic E-state index is 0.0984. The van der Waals surface area contributed by atoms with E-state index in [-0.39, 0.29) is 17.6 Å². The molecule has 0 amide bonds. The Hall–Kier alpha value is -0.700. The van der Waals surface area contributed by atoms with E-state index in [2.05, 4.69) is 6.08 Å². The number of fused-ring (bicyclic) bond motifs is 10. The van der Waals surface area contributed by atoms with Gasteiger partial charge in [0.15, 0.2) is 0 Å². The van der Waals surface area contributed by atoms with Gasteiger partial charge in [-0.1, -0.05) is 26.8 Å². The molecule has 3 rings (SSSR count). The highest BCUT2D eigenvalue weighted by Gasteiger charge is 2.50. The SMILES string of the molecule is CC/C=C1\C(C)C(O)[C@](C)(O)[C@@H](CC)OC(=O)C(C)[C@@H](OCl)CC[C@@]2(C)C[C@H]1O2.CO. The van der Waals surface area contributed by atoms with Crippen molar-refractivity contribution >= 4 is 17.8 Å². The summed E-state index contributed by atoms with van der Waals surface area (Å²) in [7, 11) is 1.00. The molecule has 0 aliphatic carbocycles. The first-order valence-electron chi connectivity index (χ1n) is 11.2. The number of aliphatic hydroxyl groups is 3. The van der Waals surface area contributed by atoms with Crippen LogP contribution in [0.4, 0.5) is 0 Å². The smallest absolute Gasteiger partial charge is 0.311 e. The van der Waals surface area contributed by atoms with Crippen LogP contribution in [0.15, 0.2) is 11.6 Å². The van der Waals surface area contributed by atoms with Gasteiger partial charge in [0.1, 0.15) is 11.7 Å². The van der Waals surface area contributed by atoms with E-state index in [1.165, 1.54) is 6.92 Å². The van der Waals surface area contributed by atoms with Crippen LogP contribution in [0.25, 0.3) is 0 Å². The van der Waals surface area contributed by atoms with Crippen molar-refractivity contribution in [2.24, 2.45) is 11.8 Å². The largest absolute Gasteiger partial charge is 0.459 e. The average molecular weight is 465 g/mol. The van der Waals surface area contributed by atoms with Gasteiger partial charge < -0.3 is 24.8 Å². The molecule has 3 aliphatic rings. The molecule has 3 unspecified atom stereocenters. The molecular weight excluding hydrogens is 424 g/mol. The average Bonchev–Trinajstić information content (AvgIpc) is 2.73. The lowest BCUT2D eigenvalue weighted by Gasteiger charge is -2.50. The molecule has 3 fully saturated rings. The second-order valence-electron chi connectivity index (χ2n) is 9.12. The first-order valence-corrected chi connectivity index (χ1v) is 11.5. The lowest BCUT2D eigenvalue weighted by atomic mass is 9.74. The highest BCUT2D eigenvalue weighted by molar-refractivity contribution is 6.07. The third-order valence-corrected chi connectivity index (χ3v) is 6.97. The van der Waals surface area contributed by atoms with Gasteiger partial charge in [-0.2, -0.15) is 0 Å². The maximum Gasteiger partial charge on any atom is 0.311 e. The molecule has 3 N–H and O–H groups in total. The van der Waals surface area contributed by atoms with Crippen molar-refractivity contribution < 1.29 is 33.9 Å². The molecule has 3 saturated heterocycles. The summed E-state index contributed by atoms with van der Waals surface area (Å²) in [5.41, 5.74) is -0.974. The summed E-state index contributed by atoms with van der Waals surface area (Å²) in [5, 5.41) is 29.3. The van der Waals surface area contributed by atoms with Crippen molar-refractivity contribution in [3.63, 3.8) is 0 Å². The molecule has 0 radical (unpaired) electrons. The first kappa shape index (κ1) is 28.3. The molecular formula is C23H41ClO7. The lowest BCUT2D eigenvalue weighted by molar-refractivity contribution is -0.204. The van der Waals surface area contributed by atoms with Gasteiger partial charge in [0.2, 0.25) is 0 Å². The molecule has 7 nitrogen and oxygen atoms in total. The maximum atomic E-state index is 12.7. The summed E-state index contributed by atoms with van der Waals surface area (Å²) in [6.07, 6.45) is 2.70. The van der Waals surface area contributed by atoms with Gasteiger partial charge in [-0.3, -0.25) is 9.08 Å². The third kappa shape index (κ3) is 6.42.